The third-order valence-electron chi connectivity index (χ3n) is 5.54. The van der Waals surface area contributed by atoms with Crippen LogP contribution in [0.4, 0.5) is 0 Å². The summed E-state index contributed by atoms with van der Waals surface area (Å²) in [5.74, 6) is 0. The van der Waals surface area contributed by atoms with Gasteiger partial charge < -0.3 is 15.3 Å². The molecule has 0 aromatic carbocycles. The molecule has 2 rings (SSSR count). The molecule has 21 heavy (non-hydrogen) atoms. The Morgan fingerprint density at radius 1 is 0.952 bits per heavy atom. The van der Waals surface area contributed by atoms with E-state index in [2.05, 4.69) is 24.2 Å². The Morgan fingerprint density at radius 2 is 1.57 bits per heavy atom. The van der Waals surface area contributed by atoms with Gasteiger partial charge in [0.25, 0.3) is 0 Å². The largest absolute Gasteiger partial charge is 0.389 e. The van der Waals surface area contributed by atoms with Gasteiger partial charge in [-0.25, -0.2) is 0 Å². The first kappa shape index (κ1) is 17.2. The number of nitrogens with one attached hydrogen (secondary N) is 1. The molecule has 0 atom stereocenters. The molecule has 3 nitrogen and oxygen atoms in total. The maximum absolute atomic E-state index is 10.6. The molecule has 2 N–H and O–H groups in total. The third-order valence-corrected chi connectivity index (χ3v) is 5.54. The lowest BCUT2D eigenvalue weighted by Gasteiger charge is -2.42. The molecule has 0 saturated heterocycles. The Morgan fingerprint density at radius 3 is 2.19 bits per heavy atom. The highest BCUT2D eigenvalue weighted by Crippen LogP contribution is 2.37. The number of rotatable bonds is 8. The summed E-state index contributed by atoms with van der Waals surface area (Å²) in [6, 6.07) is 0. The topological polar surface area (TPSA) is 35.5 Å². The number of hydrogen-bond donors (Lipinski definition) is 2. The van der Waals surface area contributed by atoms with Gasteiger partial charge in [-0.15, -0.1) is 0 Å². The van der Waals surface area contributed by atoms with E-state index in [0.717, 1.165) is 39.0 Å². The average molecular weight is 296 g/mol. The van der Waals surface area contributed by atoms with Crippen LogP contribution in [0, 0.1) is 5.41 Å². The van der Waals surface area contributed by atoms with Crippen molar-refractivity contribution in [2.45, 2.75) is 76.7 Å². The summed E-state index contributed by atoms with van der Waals surface area (Å²) >= 11 is 0. The quantitative estimate of drug-likeness (QED) is 0.675. The monoisotopic (exact) mass is 296 g/mol. The van der Waals surface area contributed by atoms with Gasteiger partial charge in [-0.05, 0) is 51.1 Å². The molecule has 2 fully saturated rings. The van der Waals surface area contributed by atoms with Crippen LogP contribution in [0.1, 0.15) is 71.1 Å². The molecule has 2 saturated carbocycles. The normalized spacial score (nSPS) is 24.6. The second-order valence-electron chi connectivity index (χ2n) is 7.84. The van der Waals surface area contributed by atoms with Crippen molar-refractivity contribution < 1.29 is 5.11 Å². The van der Waals surface area contributed by atoms with Crippen molar-refractivity contribution in [2.75, 3.05) is 33.2 Å². The Hall–Kier alpha value is -0.120. The Kier molecular flexibility index (Phi) is 6.51. The molecule has 0 unspecified atom stereocenters. The van der Waals surface area contributed by atoms with Gasteiger partial charge in [0.15, 0.2) is 0 Å². The Balaban J connectivity index is 1.87. The maximum Gasteiger partial charge on any atom is 0.0774 e. The number of hydrogen-bond acceptors (Lipinski definition) is 3. The van der Waals surface area contributed by atoms with E-state index in [1.807, 2.05) is 0 Å². The van der Waals surface area contributed by atoms with Gasteiger partial charge in [-0.3, -0.25) is 0 Å². The lowest BCUT2D eigenvalue weighted by molar-refractivity contribution is 0.000614. The summed E-state index contributed by atoms with van der Waals surface area (Å²) in [5.41, 5.74) is 0.0403. The molecule has 0 radical (unpaired) electrons. The lowest BCUT2D eigenvalue weighted by Crippen LogP contribution is -2.48. The minimum Gasteiger partial charge on any atom is -0.389 e. The molecule has 2 aliphatic rings. The van der Waals surface area contributed by atoms with E-state index in [0.29, 0.717) is 5.41 Å². The van der Waals surface area contributed by atoms with Crippen LogP contribution >= 0.6 is 0 Å². The summed E-state index contributed by atoms with van der Waals surface area (Å²) in [6.07, 6.45) is 12.5. The summed E-state index contributed by atoms with van der Waals surface area (Å²) in [5, 5.41) is 14.3. The Bertz CT molecular complexity index is 294. The van der Waals surface area contributed by atoms with Crippen LogP contribution in [0.15, 0.2) is 0 Å². The first-order chi connectivity index (χ1) is 10.1. The standard InChI is InChI=1S/C18H36N2O/c1-3-13-19-14-17(9-5-4-6-10-17)15-20(2)16-18(21)11-7-8-12-18/h19,21H,3-16H2,1-2H3. The zero-order chi connectivity index (χ0) is 15.2. The van der Waals surface area contributed by atoms with Gasteiger partial charge in [-0.2, -0.15) is 0 Å². The average Bonchev–Trinajstić information content (AvgIpc) is 2.86. The van der Waals surface area contributed by atoms with Gasteiger partial charge in [0.1, 0.15) is 0 Å². The summed E-state index contributed by atoms with van der Waals surface area (Å²) in [4.78, 5) is 2.42. The molecule has 0 aliphatic heterocycles. The molecular weight excluding hydrogens is 260 g/mol. The van der Waals surface area contributed by atoms with Gasteiger partial charge >= 0.3 is 0 Å². The van der Waals surface area contributed by atoms with Crippen molar-refractivity contribution in [3.05, 3.63) is 0 Å². The maximum atomic E-state index is 10.6. The van der Waals surface area contributed by atoms with Gasteiger partial charge in [-0.1, -0.05) is 39.0 Å². The summed E-state index contributed by atoms with van der Waals surface area (Å²) in [6.45, 7) is 6.54. The van der Waals surface area contributed by atoms with E-state index >= 15 is 0 Å². The van der Waals surface area contributed by atoms with E-state index < -0.39 is 5.60 Å². The SMILES string of the molecule is CCCNCC1(CN(C)CC2(O)CCCC2)CCCCC1. The minimum absolute atomic E-state index is 0.401. The molecule has 0 heterocycles. The fourth-order valence-corrected chi connectivity index (χ4v) is 4.55. The predicted molar refractivity (Wildman–Crippen MR) is 89.6 cm³/mol. The fourth-order valence-electron chi connectivity index (χ4n) is 4.55. The number of likely N-dealkylation sites (N-methyl/N-ethyl adjacent to an activating group) is 1. The highest BCUT2D eigenvalue weighted by atomic mass is 16.3. The predicted octanol–water partition coefficient (Wildman–Crippen LogP) is 3.17. The summed E-state index contributed by atoms with van der Waals surface area (Å²) < 4.78 is 0. The van der Waals surface area contributed by atoms with Crippen LogP contribution in [-0.2, 0) is 0 Å². The third kappa shape index (κ3) is 5.22. The zero-order valence-corrected chi connectivity index (χ0v) is 14.3. The van der Waals surface area contributed by atoms with Crippen LogP contribution < -0.4 is 5.32 Å². The molecule has 0 amide bonds. The van der Waals surface area contributed by atoms with E-state index in [1.54, 1.807) is 0 Å². The molecule has 0 bridgehead atoms. The van der Waals surface area contributed by atoms with Crippen molar-refractivity contribution in [1.82, 2.24) is 10.2 Å². The first-order valence-corrected chi connectivity index (χ1v) is 9.19. The molecule has 2 aliphatic carbocycles. The molecular formula is C18H36N2O. The van der Waals surface area contributed by atoms with Crippen LogP contribution in [0.2, 0.25) is 0 Å². The smallest absolute Gasteiger partial charge is 0.0774 e. The molecule has 0 aromatic heterocycles. The van der Waals surface area contributed by atoms with Crippen molar-refractivity contribution >= 4 is 0 Å². The van der Waals surface area contributed by atoms with Crippen molar-refractivity contribution in [2.24, 2.45) is 5.41 Å². The van der Waals surface area contributed by atoms with Crippen LogP contribution in [0.5, 0.6) is 0 Å². The number of nitrogens with zero attached hydrogens (tertiary/aromatic N) is 1. The highest BCUT2D eigenvalue weighted by molar-refractivity contribution is 4.91. The lowest BCUT2D eigenvalue weighted by atomic mass is 9.73. The van der Waals surface area contributed by atoms with Gasteiger partial charge in [0.2, 0.25) is 0 Å². The van der Waals surface area contributed by atoms with E-state index in [1.165, 1.54) is 51.4 Å². The van der Waals surface area contributed by atoms with Gasteiger partial charge in [0, 0.05) is 19.6 Å². The van der Waals surface area contributed by atoms with Crippen LogP contribution in [0.25, 0.3) is 0 Å². The molecule has 124 valence electrons. The molecule has 0 spiro atoms. The van der Waals surface area contributed by atoms with E-state index in [4.69, 9.17) is 0 Å². The highest BCUT2D eigenvalue weighted by Gasteiger charge is 2.36. The number of aliphatic hydroxyl groups is 1. The second-order valence-corrected chi connectivity index (χ2v) is 7.84. The van der Waals surface area contributed by atoms with E-state index in [9.17, 15) is 5.11 Å². The zero-order valence-electron chi connectivity index (χ0n) is 14.3. The second kappa shape index (κ2) is 7.94. The van der Waals surface area contributed by atoms with Crippen molar-refractivity contribution in [3.63, 3.8) is 0 Å². The fraction of sp³-hybridized carbons (Fsp3) is 1.00. The minimum atomic E-state index is -0.401. The summed E-state index contributed by atoms with van der Waals surface area (Å²) in [7, 11) is 2.21. The molecule has 3 heteroatoms. The first-order valence-electron chi connectivity index (χ1n) is 9.19. The van der Waals surface area contributed by atoms with Crippen molar-refractivity contribution in [1.29, 1.82) is 0 Å². The van der Waals surface area contributed by atoms with Crippen LogP contribution in [-0.4, -0.2) is 48.8 Å². The van der Waals surface area contributed by atoms with Crippen LogP contribution in [0.3, 0.4) is 0 Å². The molecule has 0 aromatic rings. The van der Waals surface area contributed by atoms with Gasteiger partial charge in [0.05, 0.1) is 5.60 Å². The van der Waals surface area contributed by atoms with Crippen molar-refractivity contribution in [3.8, 4) is 0 Å². The Labute approximate surface area is 131 Å². The van der Waals surface area contributed by atoms with E-state index in [-0.39, 0.29) is 0 Å².